The highest BCUT2D eigenvalue weighted by molar-refractivity contribution is 5.84. The van der Waals surface area contributed by atoms with Gasteiger partial charge in [-0.25, -0.2) is 8.78 Å². The first-order valence-electron chi connectivity index (χ1n) is 5.57. The lowest BCUT2D eigenvalue weighted by atomic mass is 9.85. The zero-order valence-corrected chi connectivity index (χ0v) is 9.71. The molecule has 0 spiro atoms. The summed E-state index contributed by atoms with van der Waals surface area (Å²) in [4.78, 5) is 11.9. The molecule has 1 aliphatic heterocycles. The molecule has 98 valence electrons. The number of carbonyl (C=O) groups is 1. The number of carbonyl (C=O) groups excluding carboxylic acids is 1. The Morgan fingerprint density at radius 1 is 1.44 bits per heavy atom. The van der Waals surface area contributed by atoms with E-state index in [1.807, 2.05) is 0 Å². The summed E-state index contributed by atoms with van der Waals surface area (Å²) in [5.74, 6) is -1.59. The van der Waals surface area contributed by atoms with Crippen LogP contribution < -0.4 is 11.1 Å². The lowest BCUT2D eigenvalue weighted by molar-refractivity contribution is -0.159. The molecule has 0 bridgehead atoms. The molecule has 3 N–H and O–H groups in total. The third kappa shape index (κ3) is 2.34. The van der Waals surface area contributed by atoms with Gasteiger partial charge in [-0.1, -0.05) is 6.07 Å². The van der Waals surface area contributed by atoms with Gasteiger partial charge in [-0.15, -0.1) is 0 Å². The minimum absolute atomic E-state index is 0.00664. The largest absolute Gasteiger partial charge is 0.379 e. The molecule has 1 saturated heterocycles. The Morgan fingerprint density at radius 2 is 2.17 bits per heavy atom. The normalized spacial score (nSPS) is 17.1. The fourth-order valence-corrected chi connectivity index (χ4v) is 1.72. The first-order valence-corrected chi connectivity index (χ1v) is 5.57. The first-order chi connectivity index (χ1) is 8.57. The zero-order valence-electron chi connectivity index (χ0n) is 9.71. The van der Waals surface area contributed by atoms with Crippen molar-refractivity contribution in [3.63, 3.8) is 0 Å². The molecule has 0 radical (unpaired) electrons. The van der Waals surface area contributed by atoms with E-state index in [4.69, 9.17) is 10.5 Å². The Kier molecular flexibility index (Phi) is 3.58. The molecule has 0 aliphatic carbocycles. The lowest BCUT2D eigenvalue weighted by Gasteiger charge is -2.38. The molecule has 1 aromatic carbocycles. The molecule has 0 saturated carbocycles. The van der Waals surface area contributed by atoms with Crippen LogP contribution in [0, 0.1) is 17.0 Å². The summed E-state index contributed by atoms with van der Waals surface area (Å²) in [6.45, 7) is 0.750. The van der Waals surface area contributed by atoms with Crippen molar-refractivity contribution in [1.82, 2.24) is 5.32 Å². The van der Waals surface area contributed by atoms with Crippen LogP contribution in [-0.4, -0.2) is 25.7 Å². The van der Waals surface area contributed by atoms with Crippen molar-refractivity contribution in [3.8, 4) is 0 Å². The number of hydrogen-bond acceptors (Lipinski definition) is 3. The van der Waals surface area contributed by atoms with Crippen LogP contribution in [0.15, 0.2) is 18.2 Å². The van der Waals surface area contributed by atoms with Gasteiger partial charge in [-0.3, -0.25) is 4.79 Å². The van der Waals surface area contributed by atoms with E-state index in [2.05, 4.69) is 5.32 Å². The van der Waals surface area contributed by atoms with Crippen molar-refractivity contribution in [1.29, 1.82) is 0 Å². The molecular formula is C12H14F2N2O2. The smallest absolute Gasteiger partial charge is 0.232 e. The number of halogens is 2. The molecule has 0 atom stereocenters. The number of benzene rings is 1. The molecule has 1 heterocycles. The topological polar surface area (TPSA) is 64.4 Å². The molecule has 1 amide bonds. The number of rotatable bonds is 4. The molecule has 4 nitrogen and oxygen atoms in total. The van der Waals surface area contributed by atoms with Crippen LogP contribution >= 0.6 is 0 Å². The average molecular weight is 256 g/mol. The van der Waals surface area contributed by atoms with Gasteiger partial charge < -0.3 is 15.8 Å². The van der Waals surface area contributed by atoms with Gasteiger partial charge in [-0.05, 0) is 6.07 Å². The second kappa shape index (κ2) is 4.99. The molecule has 2 rings (SSSR count). The van der Waals surface area contributed by atoms with Crippen LogP contribution in [0.1, 0.15) is 5.56 Å². The standard InChI is InChI=1S/C12H14F2N2O2/c13-9-2-1-8(10(14)3-9)4-16-11(17)12(5-15)6-18-7-12/h1-3H,4-7,15H2,(H,16,17). The third-order valence-corrected chi connectivity index (χ3v) is 3.08. The maximum Gasteiger partial charge on any atom is 0.232 e. The van der Waals surface area contributed by atoms with Crippen LogP contribution in [0.25, 0.3) is 0 Å². The van der Waals surface area contributed by atoms with E-state index in [0.29, 0.717) is 0 Å². The van der Waals surface area contributed by atoms with Crippen molar-refractivity contribution in [2.75, 3.05) is 19.8 Å². The molecule has 0 unspecified atom stereocenters. The summed E-state index contributed by atoms with van der Waals surface area (Å²) in [7, 11) is 0. The van der Waals surface area contributed by atoms with E-state index in [1.54, 1.807) is 0 Å². The number of nitrogens with two attached hydrogens (primary N) is 1. The predicted octanol–water partition coefficient (Wildman–Crippen LogP) is 0.556. The van der Waals surface area contributed by atoms with Crippen LogP contribution in [-0.2, 0) is 16.1 Å². The summed E-state index contributed by atoms with van der Waals surface area (Å²) < 4.78 is 31.0. The fourth-order valence-electron chi connectivity index (χ4n) is 1.72. The summed E-state index contributed by atoms with van der Waals surface area (Å²) in [6.07, 6.45) is 0. The Labute approximate surface area is 103 Å². The van der Waals surface area contributed by atoms with E-state index in [-0.39, 0.29) is 37.8 Å². The van der Waals surface area contributed by atoms with Gasteiger partial charge in [0.05, 0.1) is 13.2 Å². The SMILES string of the molecule is NCC1(C(=O)NCc2ccc(F)cc2F)COC1. The molecule has 18 heavy (non-hydrogen) atoms. The minimum Gasteiger partial charge on any atom is -0.379 e. The molecule has 1 fully saturated rings. The van der Waals surface area contributed by atoms with Crippen molar-refractivity contribution in [3.05, 3.63) is 35.4 Å². The van der Waals surface area contributed by atoms with Gasteiger partial charge >= 0.3 is 0 Å². The highest BCUT2D eigenvalue weighted by atomic mass is 19.1. The highest BCUT2D eigenvalue weighted by Crippen LogP contribution is 2.26. The highest BCUT2D eigenvalue weighted by Gasteiger charge is 2.44. The maximum absolute atomic E-state index is 13.3. The van der Waals surface area contributed by atoms with E-state index >= 15 is 0 Å². The summed E-state index contributed by atoms with van der Waals surface area (Å²) in [5.41, 5.74) is 5.06. The van der Waals surface area contributed by atoms with Gasteiger partial charge in [0, 0.05) is 24.7 Å². The van der Waals surface area contributed by atoms with E-state index < -0.39 is 17.0 Å². The number of amides is 1. The van der Waals surface area contributed by atoms with Crippen molar-refractivity contribution >= 4 is 5.91 Å². The fraction of sp³-hybridized carbons (Fsp3) is 0.417. The minimum atomic E-state index is -0.698. The van der Waals surface area contributed by atoms with Gasteiger partial charge in [0.2, 0.25) is 5.91 Å². The number of nitrogens with one attached hydrogen (secondary N) is 1. The Bertz CT molecular complexity index is 456. The molecular weight excluding hydrogens is 242 g/mol. The monoisotopic (exact) mass is 256 g/mol. The molecule has 0 aromatic heterocycles. The second-order valence-electron chi connectivity index (χ2n) is 4.40. The van der Waals surface area contributed by atoms with Gasteiger partial charge in [0.25, 0.3) is 0 Å². The lowest BCUT2D eigenvalue weighted by Crippen LogP contribution is -2.58. The molecule has 1 aromatic rings. The van der Waals surface area contributed by atoms with Crippen LogP contribution in [0.4, 0.5) is 8.78 Å². The first kappa shape index (κ1) is 12.9. The van der Waals surface area contributed by atoms with Crippen LogP contribution in [0.5, 0.6) is 0 Å². The maximum atomic E-state index is 13.3. The summed E-state index contributed by atoms with van der Waals surface area (Å²) in [5, 5.41) is 2.59. The van der Waals surface area contributed by atoms with E-state index in [1.165, 1.54) is 6.07 Å². The Hall–Kier alpha value is -1.53. The van der Waals surface area contributed by atoms with Gasteiger partial charge in [0.15, 0.2) is 0 Å². The van der Waals surface area contributed by atoms with Crippen molar-refractivity contribution in [2.24, 2.45) is 11.1 Å². The van der Waals surface area contributed by atoms with Gasteiger partial charge in [-0.2, -0.15) is 0 Å². The van der Waals surface area contributed by atoms with Crippen LogP contribution in [0.3, 0.4) is 0 Å². The molecule has 6 heteroatoms. The second-order valence-corrected chi connectivity index (χ2v) is 4.40. The zero-order chi connectivity index (χ0) is 13.2. The third-order valence-electron chi connectivity index (χ3n) is 3.08. The quantitative estimate of drug-likeness (QED) is 0.827. The average Bonchev–Trinajstić information content (AvgIpc) is 2.27. The molecule has 1 aliphatic rings. The van der Waals surface area contributed by atoms with Crippen LogP contribution in [0.2, 0.25) is 0 Å². The van der Waals surface area contributed by atoms with Gasteiger partial charge in [0.1, 0.15) is 17.0 Å². The van der Waals surface area contributed by atoms with Crippen molar-refractivity contribution in [2.45, 2.75) is 6.54 Å². The Morgan fingerprint density at radius 3 is 2.67 bits per heavy atom. The summed E-state index contributed by atoms with van der Waals surface area (Å²) in [6, 6.07) is 3.24. The van der Waals surface area contributed by atoms with E-state index in [9.17, 15) is 13.6 Å². The van der Waals surface area contributed by atoms with E-state index in [0.717, 1.165) is 12.1 Å². The summed E-state index contributed by atoms with van der Waals surface area (Å²) >= 11 is 0. The Balaban J connectivity index is 1.97. The number of ether oxygens (including phenoxy) is 1. The number of hydrogen-bond donors (Lipinski definition) is 2. The predicted molar refractivity (Wildman–Crippen MR) is 60.5 cm³/mol. The van der Waals surface area contributed by atoms with Crippen molar-refractivity contribution < 1.29 is 18.3 Å².